The molecular formula is C12H14ClF2N3O. The van der Waals surface area contributed by atoms with Crippen molar-refractivity contribution >= 4 is 23.5 Å². The van der Waals surface area contributed by atoms with Gasteiger partial charge in [0.2, 0.25) is 5.28 Å². The lowest BCUT2D eigenvalue weighted by molar-refractivity contribution is 0.217. The number of alkyl halides is 2. The smallest absolute Gasteiger partial charge is 0.224 e. The van der Waals surface area contributed by atoms with Gasteiger partial charge in [0.25, 0.3) is 0 Å². The highest BCUT2D eigenvalue weighted by molar-refractivity contribution is 6.28. The largest absolute Gasteiger partial charge is 0.501 e. The number of anilines is 1. The van der Waals surface area contributed by atoms with Crippen molar-refractivity contribution in [2.45, 2.75) is 19.3 Å². The van der Waals surface area contributed by atoms with Crippen LogP contribution in [0.25, 0.3) is 6.08 Å². The molecule has 104 valence electrons. The van der Waals surface area contributed by atoms with Crippen LogP contribution >= 0.6 is 11.6 Å². The molecule has 0 saturated carbocycles. The molecule has 0 radical (unpaired) electrons. The van der Waals surface area contributed by atoms with Crippen LogP contribution < -0.4 is 4.90 Å². The summed E-state index contributed by atoms with van der Waals surface area (Å²) in [6.07, 6.45) is 1.63. The molecule has 1 aromatic rings. The molecule has 1 saturated heterocycles. The Morgan fingerprint density at radius 2 is 2.16 bits per heavy atom. The van der Waals surface area contributed by atoms with E-state index in [0.29, 0.717) is 18.0 Å². The minimum absolute atomic E-state index is 0.0377. The van der Waals surface area contributed by atoms with E-state index in [-0.39, 0.29) is 18.4 Å². The summed E-state index contributed by atoms with van der Waals surface area (Å²) in [6.45, 7) is 2.31. The van der Waals surface area contributed by atoms with Gasteiger partial charge in [0.15, 0.2) is 12.3 Å². The number of hydrogen-bond donors (Lipinski definition) is 0. The van der Waals surface area contributed by atoms with Gasteiger partial charge < -0.3 is 9.64 Å². The number of aromatic nitrogens is 2. The molecule has 0 N–H and O–H groups in total. The first-order chi connectivity index (χ1) is 9.11. The molecule has 1 fully saturated rings. The quantitative estimate of drug-likeness (QED) is 0.631. The van der Waals surface area contributed by atoms with E-state index in [1.165, 1.54) is 17.4 Å². The lowest BCUT2D eigenvalue weighted by atomic mass is 10.3. The number of hydrogen-bond acceptors (Lipinski definition) is 4. The maximum atomic E-state index is 13.3. The lowest BCUT2D eigenvalue weighted by Crippen LogP contribution is -2.22. The molecule has 0 spiro atoms. The van der Waals surface area contributed by atoms with E-state index in [0.717, 1.165) is 0 Å². The molecule has 1 aromatic heterocycles. The Bertz CT molecular complexity index is 462. The molecular weight excluding hydrogens is 276 g/mol. The zero-order valence-electron chi connectivity index (χ0n) is 10.4. The van der Waals surface area contributed by atoms with Crippen molar-refractivity contribution < 1.29 is 13.5 Å². The van der Waals surface area contributed by atoms with Crippen LogP contribution in [-0.4, -0.2) is 42.0 Å². The fourth-order valence-corrected chi connectivity index (χ4v) is 1.98. The molecule has 7 heteroatoms. The molecule has 0 aliphatic carbocycles. The van der Waals surface area contributed by atoms with Gasteiger partial charge in [-0.15, -0.1) is 0 Å². The summed E-state index contributed by atoms with van der Waals surface area (Å²) in [6, 6.07) is 0. The summed E-state index contributed by atoms with van der Waals surface area (Å²) in [4.78, 5) is 9.43. The van der Waals surface area contributed by atoms with Crippen molar-refractivity contribution in [3.05, 3.63) is 23.3 Å². The van der Waals surface area contributed by atoms with Crippen LogP contribution in [0.5, 0.6) is 0 Å². The highest BCUT2D eigenvalue weighted by Gasteiger charge is 2.34. The van der Waals surface area contributed by atoms with Crippen LogP contribution in [0.3, 0.4) is 0 Å². The zero-order valence-corrected chi connectivity index (χ0v) is 11.1. The third-order valence-corrected chi connectivity index (χ3v) is 2.94. The Morgan fingerprint density at radius 3 is 2.79 bits per heavy atom. The van der Waals surface area contributed by atoms with Crippen molar-refractivity contribution in [2.75, 3.05) is 24.6 Å². The minimum Gasteiger partial charge on any atom is -0.501 e. The van der Waals surface area contributed by atoms with E-state index in [1.807, 2.05) is 6.92 Å². The molecule has 1 aliphatic rings. The highest BCUT2D eigenvalue weighted by Crippen LogP contribution is 2.26. The molecule has 2 rings (SSSR count). The molecule has 0 amide bonds. The average Bonchev–Trinajstić information content (AvgIpc) is 2.71. The summed E-state index contributed by atoms with van der Waals surface area (Å²) in [7, 11) is 0. The monoisotopic (exact) mass is 289 g/mol. The van der Waals surface area contributed by atoms with Crippen molar-refractivity contribution in [3.63, 3.8) is 0 Å². The van der Waals surface area contributed by atoms with Crippen LogP contribution in [0.1, 0.15) is 12.5 Å². The van der Waals surface area contributed by atoms with Crippen LogP contribution in [0.2, 0.25) is 5.28 Å². The van der Waals surface area contributed by atoms with E-state index < -0.39 is 12.3 Å². The zero-order chi connectivity index (χ0) is 13.8. The van der Waals surface area contributed by atoms with Gasteiger partial charge in [0, 0.05) is 11.8 Å². The summed E-state index contributed by atoms with van der Waals surface area (Å²) >= 11 is 5.74. The summed E-state index contributed by atoms with van der Waals surface area (Å²) in [5.74, 6) is 0.416. The fraction of sp³-hybridized carbons (Fsp3) is 0.500. The standard InChI is InChI=1S/C12H14ClF2N3O/c1-2-19-4-3-8-5-16-12(13)17-11(8)18-6-9(14)10(15)7-18/h3-5,9-10H,2,6-7H2,1H3/b4-3-/t9-,10-/m0/s1. The van der Waals surface area contributed by atoms with E-state index in [1.54, 1.807) is 6.08 Å². The summed E-state index contributed by atoms with van der Waals surface area (Å²) in [5.41, 5.74) is 0.610. The molecule has 2 heterocycles. The first-order valence-corrected chi connectivity index (χ1v) is 6.33. The molecule has 1 aliphatic heterocycles. The Morgan fingerprint density at radius 1 is 1.47 bits per heavy atom. The second-order valence-corrected chi connectivity index (χ2v) is 4.45. The Balaban J connectivity index is 2.25. The minimum atomic E-state index is -1.50. The molecule has 4 nitrogen and oxygen atoms in total. The van der Waals surface area contributed by atoms with Gasteiger partial charge in [-0.2, -0.15) is 4.98 Å². The summed E-state index contributed by atoms with van der Waals surface area (Å²) in [5, 5.41) is 0.0428. The Labute approximate surface area is 115 Å². The predicted octanol–water partition coefficient (Wildman–Crippen LogP) is 2.63. The number of halogens is 3. The van der Waals surface area contributed by atoms with Crippen LogP contribution in [0.15, 0.2) is 12.5 Å². The van der Waals surface area contributed by atoms with E-state index in [2.05, 4.69) is 9.97 Å². The second-order valence-electron chi connectivity index (χ2n) is 4.11. The van der Waals surface area contributed by atoms with E-state index >= 15 is 0 Å². The second kappa shape index (κ2) is 6.14. The lowest BCUT2D eigenvalue weighted by Gasteiger charge is -2.18. The molecule has 0 unspecified atom stereocenters. The predicted molar refractivity (Wildman–Crippen MR) is 69.7 cm³/mol. The third-order valence-electron chi connectivity index (χ3n) is 2.76. The van der Waals surface area contributed by atoms with Crippen LogP contribution in [0.4, 0.5) is 14.6 Å². The maximum Gasteiger partial charge on any atom is 0.224 e. The van der Waals surface area contributed by atoms with Gasteiger partial charge in [-0.25, -0.2) is 13.8 Å². The van der Waals surface area contributed by atoms with Crippen molar-refractivity contribution in [1.29, 1.82) is 0 Å². The molecule has 0 aromatic carbocycles. The third kappa shape index (κ3) is 3.32. The first-order valence-electron chi connectivity index (χ1n) is 5.95. The SMILES string of the molecule is CCO/C=C\c1cnc(Cl)nc1N1C[C@H](F)[C@@H](F)C1. The first kappa shape index (κ1) is 14.0. The fourth-order valence-electron chi connectivity index (χ4n) is 1.85. The summed E-state index contributed by atoms with van der Waals surface area (Å²) < 4.78 is 31.6. The van der Waals surface area contributed by atoms with Gasteiger partial charge in [0.05, 0.1) is 26.0 Å². The van der Waals surface area contributed by atoms with Gasteiger partial charge in [-0.05, 0) is 24.6 Å². The molecule has 19 heavy (non-hydrogen) atoms. The molecule has 2 atom stereocenters. The van der Waals surface area contributed by atoms with Gasteiger partial charge in [-0.3, -0.25) is 0 Å². The maximum absolute atomic E-state index is 13.3. The van der Waals surface area contributed by atoms with Gasteiger partial charge in [-0.1, -0.05) is 0 Å². The van der Waals surface area contributed by atoms with Crippen molar-refractivity contribution in [1.82, 2.24) is 9.97 Å². The normalized spacial score (nSPS) is 23.3. The van der Waals surface area contributed by atoms with E-state index in [9.17, 15) is 8.78 Å². The van der Waals surface area contributed by atoms with Crippen LogP contribution in [0, 0.1) is 0 Å². The number of nitrogens with zero attached hydrogens (tertiary/aromatic N) is 3. The van der Waals surface area contributed by atoms with Crippen molar-refractivity contribution in [2.24, 2.45) is 0 Å². The highest BCUT2D eigenvalue weighted by atomic mass is 35.5. The van der Waals surface area contributed by atoms with Crippen LogP contribution in [-0.2, 0) is 4.74 Å². The molecule has 0 bridgehead atoms. The van der Waals surface area contributed by atoms with Crippen molar-refractivity contribution in [3.8, 4) is 0 Å². The topological polar surface area (TPSA) is 38.3 Å². The van der Waals surface area contributed by atoms with Gasteiger partial charge in [0.1, 0.15) is 5.82 Å². The average molecular weight is 290 g/mol. The van der Waals surface area contributed by atoms with E-state index in [4.69, 9.17) is 16.3 Å². The number of rotatable bonds is 4. The Kier molecular flexibility index (Phi) is 4.52. The van der Waals surface area contributed by atoms with Gasteiger partial charge >= 0.3 is 0 Å². The Hall–Kier alpha value is -1.43. The number of ether oxygens (including phenoxy) is 1.